The van der Waals surface area contributed by atoms with Gasteiger partial charge in [0.25, 0.3) is 22.9 Å². The number of nitrogen functional groups attached to an aromatic ring is 1. The number of benzene rings is 7. The van der Waals surface area contributed by atoms with Gasteiger partial charge in [-0.3, -0.25) is 24.1 Å². The number of aromatic nitrogens is 1. The highest BCUT2D eigenvalue weighted by Crippen LogP contribution is 2.50. The third-order valence-electron chi connectivity index (χ3n) is 13.4. The zero-order valence-electron chi connectivity index (χ0n) is 33.4. The second-order valence-electron chi connectivity index (χ2n) is 16.4. The molecule has 7 nitrogen and oxygen atoms in total. The van der Waals surface area contributed by atoms with Crippen LogP contribution in [0.1, 0.15) is 121 Å². The second-order valence-corrected chi connectivity index (χ2v) is 16.4. The summed E-state index contributed by atoms with van der Waals surface area (Å²) in [6.07, 6.45) is 10.00. The first-order chi connectivity index (χ1) is 27.0. The average Bonchev–Trinajstić information content (AvgIpc) is 3.46. The molecule has 8 aromatic rings. The van der Waals surface area contributed by atoms with Crippen molar-refractivity contribution in [3.8, 4) is 5.69 Å². The van der Waals surface area contributed by atoms with E-state index in [0.717, 1.165) is 124 Å². The summed E-state index contributed by atoms with van der Waals surface area (Å²) in [5, 5.41) is 9.06. The molecule has 0 aliphatic carbocycles. The number of unbranched alkanes of at least 4 members (excludes halogenated alkanes) is 6. The van der Waals surface area contributed by atoms with Crippen molar-refractivity contribution in [2.75, 3.05) is 5.73 Å². The van der Waals surface area contributed by atoms with Crippen LogP contribution in [0.4, 0.5) is 5.69 Å². The minimum atomic E-state index is -0.411. The minimum absolute atomic E-state index is 0.223. The molecule has 2 heterocycles. The maximum Gasteiger partial charge on any atom is 0.266 e. The highest BCUT2D eigenvalue weighted by Gasteiger charge is 2.39. The Kier molecular flexibility index (Phi) is 8.57. The molecule has 7 aromatic carbocycles. The van der Waals surface area contributed by atoms with Crippen LogP contribution in [0.15, 0.2) is 58.1 Å². The van der Waals surface area contributed by atoms with Crippen LogP contribution in [-0.2, 0) is 0 Å². The van der Waals surface area contributed by atoms with Gasteiger partial charge >= 0.3 is 0 Å². The smallest absolute Gasteiger partial charge is 0.266 e. The van der Waals surface area contributed by atoms with Crippen LogP contribution in [0.3, 0.4) is 0 Å². The Morgan fingerprint density at radius 1 is 0.536 bits per heavy atom. The zero-order valence-corrected chi connectivity index (χ0v) is 33.4. The molecule has 1 aliphatic rings. The number of amides is 2. The Bertz CT molecular complexity index is 3010. The van der Waals surface area contributed by atoms with Crippen molar-refractivity contribution >= 4 is 82.1 Å². The lowest BCUT2D eigenvalue weighted by Crippen LogP contribution is -2.47. The molecule has 0 fully saturated rings. The highest BCUT2D eigenvalue weighted by atomic mass is 16.2. The molecule has 1 aromatic heterocycles. The number of anilines is 1. The largest absolute Gasteiger partial charge is 0.398 e. The maximum absolute atomic E-state index is 15.1. The van der Waals surface area contributed by atoms with E-state index in [4.69, 9.17) is 5.73 Å². The van der Waals surface area contributed by atoms with E-state index in [1.165, 1.54) is 4.57 Å². The van der Waals surface area contributed by atoms with Crippen LogP contribution in [0.5, 0.6) is 0 Å². The molecule has 0 bridgehead atoms. The van der Waals surface area contributed by atoms with Gasteiger partial charge in [0.1, 0.15) is 0 Å². The van der Waals surface area contributed by atoms with Crippen molar-refractivity contribution in [2.45, 2.75) is 112 Å². The number of hydrogen-bond acceptors (Lipinski definition) is 5. The average molecular weight is 744 g/mol. The van der Waals surface area contributed by atoms with Crippen LogP contribution < -0.4 is 16.9 Å². The predicted molar refractivity (Wildman–Crippen MR) is 232 cm³/mol. The molecule has 0 unspecified atom stereocenters. The van der Waals surface area contributed by atoms with E-state index < -0.39 is 5.56 Å². The fourth-order valence-electron chi connectivity index (χ4n) is 10.3. The van der Waals surface area contributed by atoms with Gasteiger partial charge in [-0.05, 0) is 123 Å². The van der Waals surface area contributed by atoms with E-state index in [1.807, 2.05) is 64.1 Å². The molecular formula is C49H49N3O4. The first kappa shape index (κ1) is 36.1. The van der Waals surface area contributed by atoms with Crippen molar-refractivity contribution in [3.05, 3.63) is 103 Å². The molecule has 9 rings (SSSR count). The standard InChI is InChI=1S/C49H49N3O4/c1-7-9-11-13-17-30(18-14-12-10-8-2)51-46(53)34-23-22-32-31-19-15-16-29-20-21-33-40(37(29)31)41-35(24-36(47(51)54)38(34)39(32)41)43-42(33)48(55)52(49(43)56)45-27(5)25(3)44(50)26(4)28(45)6/h15-16,19-24,30H,7-14,17-18,50H2,1-6H3. The van der Waals surface area contributed by atoms with Crippen LogP contribution in [-0.4, -0.2) is 27.3 Å². The van der Waals surface area contributed by atoms with Crippen molar-refractivity contribution in [3.63, 3.8) is 0 Å². The Hall–Kier alpha value is -5.56. The monoisotopic (exact) mass is 743 g/mol. The Morgan fingerprint density at radius 3 is 1.73 bits per heavy atom. The summed E-state index contributed by atoms with van der Waals surface area (Å²) in [4.78, 5) is 61.6. The lowest BCUT2D eigenvalue weighted by molar-refractivity contribution is 0.0517. The summed E-state index contributed by atoms with van der Waals surface area (Å²) < 4.78 is 1.34. The fraction of sp³-hybridized carbons (Fsp3) is 0.347. The molecule has 284 valence electrons. The van der Waals surface area contributed by atoms with Gasteiger partial charge in [-0.15, -0.1) is 0 Å². The summed E-state index contributed by atoms with van der Waals surface area (Å²) in [6.45, 7) is 12.1. The van der Waals surface area contributed by atoms with E-state index in [-0.39, 0.29) is 23.4 Å². The van der Waals surface area contributed by atoms with E-state index in [0.29, 0.717) is 49.4 Å². The topological polar surface area (TPSA) is 102 Å². The summed E-state index contributed by atoms with van der Waals surface area (Å²) in [7, 11) is 0. The maximum atomic E-state index is 15.1. The quantitative estimate of drug-likeness (QED) is 0.0441. The summed E-state index contributed by atoms with van der Waals surface area (Å²) in [6, 6.07) is 15.7. The van der Waals surface area contributed by atoms with Crippen LogP contribution in [0.2, 0.25) is 0 Å². The van der Waals surface area contributed by atoms with E-state index in [9.17, 15) is 4.79 Å². The second kappa shape index (κ2) is 13.3. The van der Waals surface area contributed by atoms with E-state index in [2.05, 4.69) is 26.0 Å². The normalized spacial score (nSPS) is 13.6. The van der Waals surface area contributed by atoms with Gasteiger partial charge in [-0.25, -0.2) is 4.57 Å². The SMILES string of the molecule is CCCCCCC(CCCCCC)N1C(=O)c2ccc3c4cccc5ccc6c7c(=O)n(-c8c(C)c(C)c(N)c(C)c8C)c(=O)c7c7cc(c2c3c7c6c54)C1=O. The molecule has 7 heteroatoms. The summed E-state index contributed by atoms with van der Waals surface area (Å²) in [5.41, 5.74) is 11.1. The molecule has 0 atom stereocenters. The molecule has 0 saturated heterocycles. The van der Waals surface area contributed by atoms with Crippen LogP contribution in [0.25, 0.3) is 70.3 Å². The van der Waals surface area contributed by atoms with Crippen molar-refractivity contribution in [1.29, 1.82) is 0 Å². The summed E-state index contributed by atoms with van der Waals surface area (Å²) in [5.74, 6) is -0.551. The molecule has 2 amide bonds. The third kappa shape index (κ3) is 4.82. The van der Waals surface area contributed by atoms with Gasteiger partial charge < -0.3 is 5.73 Å². The molecule has 0 saturated carbocycles. The van der Waals surface area contributed by atoms with Gasteiger partial charge in [-0.2, -0.15) is 0 Å². The highest BCUT2D eigenvalue weighted by molar-refractivity contribution is 6.47. The van der Waals surface area contributed by atoms with Crippen LogP contribution in [0, 0.1) is 27.7 Å². The lowest BCUT2D eigenvalue weighted by atomic mass is 9.80. The van der Waals surface area contributed by atoms with E-state index >= 15 is 14.4 Å². The number of rotatable bonds is 12. The number of carbonyl (C=O) groups excluding carboxylic acids is 2. The minimum Gasteiger partial charge on any atom is -0.398 e. The first-order valence-electron chi connectivity index (χ1n) is 20.6. The zero-order chi connectivity index (χ0) is 39.3. The van der Waals surface area contributed by atoms with Crippen molar-refractivity contribution in [2.24, 2.45) is 0 Å². The van der Waals surface area contributed by atoms with Crippen LogP contribution >= 0.6 is 0 Å². The Morgan fingerprint density at radius 2 is 1.09 bits per heavy atom. The first-order valence-corrected chi connectivity index (χ1v) is 20.6. The van der Waals surface area contributed by atoms with Gasteiger partial charge in [-0.1, -0.05) is 102 Å². The molecular weight excluding hydrogens is 695 g/mol. The molecule has 2 N–H and O–H groups in total. The van der Waals surface area contributed by atoms with Crippen molar-refractivity contribution in [1.82, 2.24) is 9.47 Å². The van der Waals surface area contributed by atoms with Gasteiger partial charge in [0.2, 0.25) is 0 Å². The number of carbonyl (C=O) groups is 2. The van der Waals surface area contributed by atoms with Crippen molar-refractivity contribution < 1.29 is 9.59 Å². The van der Waals surface area contributed by atoms with Gasteiger partial charge in [0.15, 0.2) is 0 Å². The van der Waals surface area contributed by atoms with Gasteiger partial charge in [0, 0.05) is 28.2 Å². The molecule has 0 radical (unpaired) electrons. The summed E-state index contributed by atoms with van der Waals surface area (Å²) >= 11 is 0. The Balaban J connectivity index is 1.40. The lowest BCUT2D eigenvalue weighted by Gasteiger charge is -2.35. The third-order valence-corrected chi connectivity index (χ3v) is 13.4. The fourth-order valence-corrected chi connectivity index (χ4v) is 10.3. The number of hydrogen-bond donors (Lipinski definition) is 1. The van der Waals surface area contributed by atoms with E-state index in [1.54, 1.807) is 4.90 Å². The number of nitrogens with zero attached hydrogens (tertiary/aromatic N) is 2. The molecule has 56 heavy (non-hydrogen) atoms. The predicted octanol–water partition coefficient (Wildman–Crippen LogP) is 11.2. The number of imide groups is 1. The van der Waals surface area contributed by atoms with Gasteiger partial charge in [0.05, 0.1) is 16.5 Å². The Labute approximate surface area is 326 Å². The molecule has 0 spiro atoms. The number of fused-ring (bicyclic) bond motifs is 4. The number of nitrogens with two attached hydrogens (primary N) is 1. The molecule has 1 aliphatic heterocycles.